The number of hydrogen-bond acceptors (Lipinski definition) is 5. The smallest absolute Gasteiger partial charge is 0.319 e. The van der Waals surface area contributed by atoms with E-state index in [1.165, 1.54) is 13.1 Å². The molecule has 0 unspecified atom stereocenters. The number of carbonyl (C=O) groups excluding carboxylic acids is 1. The van der Waals surface area contributed by atoms with Crippen LogP contribution in [0.15, 0.2) is 36.7 Å². The van der Waals surface area contributed by atoms with E-state index in [1.807, 2.05) is 12.1 Å². The van der Waals surface area contributed by atoms with E-state index in [-0.39, 0.29) is 5.69 Å². The second kappa shape index (κ2) is 8.35. The molecule has 0 aliphatic heterocycles. The van der Waals surface area contributed by atoms with E-state index in [0.717, 1.165) is 10.2 Å². The summed E-state index contributed by atoms with van der Waals surface area (Å²) in [6.45, 7) is 1.23. The summed E-state index contributed by atoms with van der Waals surface area (Å²) >= 11 is 5.94. The number of nitrogens with one attached hydrogen (secondary N) is 1. The quantitative estimate of drug-likeness (QED) is 0.460. The minimum absolute atomic E-state index is 0.128. The van der Waals surface area contributed by atoms with Crippen molar-refractivity contribution >= 4 is 28.9 Å². The van der Waals surface area contributed by atoms with Gasteiger partial charge in [-0.1, -0.05) is 23.7 Å². The first-order valence-corrected chi connectivity index (χ1v) is 8.69. The molecule has 1 N–H and O–H groups in total. The van der Waals surface area contributed by atoms with E-state index in [2.05, 4.69) is 15.5 Å². The van der Waals surface area contributed by atoms with Crippen molar-refractivity contribution in [2.75, 3.05) is 5.32 Å². The van der Waals surface area contributed by atoms with E-state index in [1.54, 1.807) is 23.0 Å². The topological polar surface area (TPSA) is 108 Å². The molecule has 2 aromatic heterocycles. The highest BCUT2D eigenvalue weighted by molar-refractivity contribution is 6.30. The van der Waals surface area contributed by atoms with Gasteiger partial charge in [-0.3, -0.25) is 24.3 Å². The number of anilines is 1. The Kier molecular flexibility index (Phi) is 5.87. The number of hydrogen-bond donors (Lipinski definition) is 1. The second-order valence-corrected chi connectivity index (χ2v) is 6.58. The summed E-state index contributed by atoms with van der Waals surface area (Å²) in [5.41, 5.74) is -0.586. The molecule has 0 spiro atoms. The lowest BCUT2D eigenvalue weighted by Gasteiger charge is -2.04. The molecule has 1 amide bonds. The minimum atomic E-state index is -3.12. The highest BCUT2D eigenvalue weighted by Crippen LogP contribution is 2.30. The molecule has 3 rings (SSSR count). The minimum Gasteiger partial charge on any atom is -0.322 e. The predicted molar refractivity (Wildman–Crippen MR) is 100.0 cm³/mol. The zero-order valence-corrected chi connectivity index (χ0v) is 15.8. The van der Waals surface area contributed by atoms with Crippen molar-refractivity contribution < 1.29 is 18.5 Å². The van der Waals surface area contributed by atoms with E-state index < -0.39 is 35.2 Å². The molecule has 2 heterocycles. The van der Waals surface area contributed by atoms with Crippen molar-refractivity contribution in [2.45, 2.75) is 26.4 Å². The molecule has 0 bridgehead atoms. The highest BCUT2D eigenvalue weighted by Gasteiger charge is 2.31. The lowest BCUT2D eigenvalue weighted by molar-refractivity contribution is -0.386. The first kappa shape index (κ1) is 20.4. The highest BCUT2D eigenvalue weighted by atomic mass is 35.5. The monoisotopic (exact) mass is 424 g/mol. The fourth-order valence-electron chi connectivity index (χ4n) is 2.76. The Bertz CT molecular complexity index is 1070. The summed E-state index contributed by atoms with van der Waals surface area (Å²) in [5.74, 6) is -0.589. The van der Waals surface area contributed by atoms with Crippen LogP contribution < -0.4 is 5.32 Å². The average molecular weight is 425 g/mol. The molecule has 0 atom stereocenters. The van der Waals surface area contributed by atoms with Gasteiger partial charge in [0.2, 0.25) is 11.6 Å². The van der Waals surface area contributed by atoms with Gasteiger partial charge in [-0.05, 0) is 24.6 Å². The molecular formula is C17H15ClF2N6O3. The fraction of sp³-hybridized carbons (Fsp3) is 0.235. The maximum Gasteiger partial charge on any atom is 0.319 e. The lowest BCUT2D eigenvalue weighted by Crippen LogP contribution is -2.20. The van der Waals surface area contributed by atoms with Gasteiger partial charge in [-0.15, -0.1) is 0 Å². The third kappa shape index (κ3) is 4.74. The number of halogens is 3. The maximum atomic E-state index is 13.0. The molecule has 29 heavy (non-hydrogen) atoms. The van der Waals surface area contributed by atoms with Crippen LogP contribution in [0.2, 0.25) is 5.02 Å². The van der Waals surface area contributed by atoms with Gasteiger partial charge in [-0.2, -0.15) is 10.2 Å². The summed E-state index contributed by atoms with van der Waals surface area (Å²) < 4.78 is 28.4. The Labute approximate surface area is 168 Å². The molecule has 0 saturated carbocycles. The fourth-order valence-corrected chi connectivity index (χ4v) is 2.97. The van der Waals surface area contributed by atoms with Gasteiger partial charge in [0, 0.05) is 11.2 Å². The zero-order valence-electron chi connectivity index (χ0n) is 15.1. The van der Waals surface area contributed by atoms with Crippen molar-refractivity contribution in [1.29, 1.82) is 0 Å². The molecule has 0 radical (unpaired) electrons. The largest absolute Gasteiger partial charge is 0.322 e. The summed E-state index contributed by atoms with van der Waals surface area (Å²) in [6, 6.07) is 7.22. The SMILES string of the molecule is Cc1c([N+](=O)[O-])c(C(F)F)nn1CC(=O)Nc1cnn(Cc2cccc(Cl)c2)c1. The summed E-state index contributed by atoms with van der Waals surface area (Å²) in [7, 11) is 0. The van der Waals surface area contributed by atoms with Crippen molar-refractivity contribution in [3.63, 3.8) is 0 Å². The standard InChI is InChI=1S/C17H15ClF2N6O3/c1-10-16(26(28)29)15(17(19)20)23-25(10)9-14(27)22-13-6-21-24(8-13)7-11-3-2-4-12(18)5-11/h2-6,8,17H,7,9H2,1H3,(H,22,27). The number of aromatic nitrogens is 4. The number of nitrogens with zero attached hydrogens (tertiary/aromatic N) is 5. The van der Waals surface area contributed by atoms with Crippen molar-refractivity contribution in [1.82, 2.24) is 19.6 Å². The van der Waals surface area contributed by atoms with Crippen molar-refractivity contribution in [3.05, 3.63) is 68.7 Å². The van der Waals surface area contributed by atoms with Crippen LogP contribution in [0.1, 0.15) is 23.4 Å². The Morgan fingerprint density at radius 3 is 2.79 bits per heavy atom. The number of carbonyl (C=O) groups is 1. The molecule has 0 fully saturated rings. The molecule has 0 saturated heterocycles. The van der Waals surface area contributed by atoms with Gasteiger partial charge >= 0.3 is 5.69 Å². The van der Waals surface area contributed by atoms with E-state index in [9.17, 15) is 23.7 Å². The molecule has 0 aliphatic rings. The van der Waals surface area contributed by atoms with Crippen LogP contribution in [-0.4, -0.2) is 30.4 Å². The predicted octanol–water partition coefficient (Wildman–Crippen LogP) is 3.57. The number of amides is 1. The number of rotatable bonds is 7. The van der Waals surface area contributed by atoms with Crippen LogP contribution in [0.25, 0.3) is 0 Å². The maximum absolute atomic E-state index is 13.0. The zero-order chi connectivity index (χ0) is 21.1. The molecule has 12 heteroatoms. The summed E-state index contributed by atoms with van der Waals surface area (Å²) in [6.07, 6.45) is -0.115. The van der Waals surface area contributed by atoms with Gasteiger partial charge in [0.05, 0.1) is 23.4 Å². The number of alkyl halides is 2. The van der Waals surface area contributed by atoms with Gasteiger partial charge in [0.25, 0.3) is 6.43 Å². The van der Waals surface area contributed by atoms with Crippen LogP contribution in [-0.2, 0) is 17.9 Å². The molecular weight excluding hydrogens is 410 g/mol. The molecule has 0 aliphatic carbocycles. The Hall–Kier alpha value is -3.34. The Balaban J connectivity index is 1.68. The van der Waals surface area contributed by atoms with Crippen LogP contribution in [0.3, 0.4) is 0 Å². The van der Waals surface area contributed by atoms with Crippen LogP contribution >= 0.6 is 11.6 Å². The van der Waals surface area contributed by atoms with Crippen molar-refractivity contribution in [2.24, 2.45) is 0 Å². The van der Waals surface area contributed by atoms with Crippen molar-refractivity contribution in [3.8, 4) is 0 Å². The normalized spacial score (nSPS) is 11.1. The first-order chi connectivity index (χ1) is 13.7. The second-order valence-electron chi connectivity index (χ2n) is 6.14. The molecule has 3 aromatic rings. The summed E-state index contributed by atoms with van der Waals surface area (Å²) in [4.78, 5) is 22.3. The van der Waals surface area contributed by atoms with Gasteiger partial charge in [-0.25, -0.2) is 8.78 Å². The Morgan fingerprint density at radius 1 is 1.41 bits per heavy atom. The number of nitro groups is 1. The molecule has 1 aromatic carbocycles. The average Bonchev–Trinajstić information content (AvgIpc) is 3.19. The first-order valence-electron chi connectivity index (χ1n) is 8.31. The van der Waals surface area contributed by atoms with Crippen LogP contribution in [0.5, 0.6) is 0 Å². The van der Waals surface area contributed by atoms with E-state index >= 15 is 0 Å². The van der Waals surface area contributed by atoms with Crippen LogP contribution in [0.4, 0.5) is 20.2 Å². The van der Waals surface area contributed by atoms with E-state index in [4.69, 9.17) is 11.6 Å². The molecule has 152 valence electrons. The third-order valence-electron chi connectivity index (χ3n) is 4.03. The van der Waals surface area contributed by atoms with Gasteiger partial charge < -0.3 is 5.32 Å². The van der Waals surface area contributed by atoms with Gasteiger partial charge in [0.15, 0.2) is 0 Å². The van der Waals surface area contributed by atoms with E-state index in [0.29, 0.717) is 17.3 Å². The summed E-state index contributed by atoms with van der Waals surface area (Å²) in [5, 5.41) is 21.8. The number of benzene rings is 1. The van der Waals surface area contributed by atoms with Gasteiger partial charge in [0.1, 0.15) is 12.2 Å². The third-order valence-corrected chi connectivity index (χ3v) is 4.27. The molecule has 9 nitrogen and oxygen atoms in total. The Morgan fingerprint density at radius 2 is 2.17 bits per heavy atom. The lowest BCUT2D eigenvalue weighted by atomic mass is 10.2. The van der Waals surface area contributed by atoms with Crippen LogP contribution in [0, 0.1) is 17.0 Å².